The lowest BCUT2D eigenvalue weighted by atomic mass is 9.87. The molecule has 0 aromatic carbocycles. The van der Waals surface area contributed by atoms with E-state index in [-0.39, 0.29) is 19.3 Å². The van der Waals surface area contributed by atoms with Crippen molar-refractivity contribution in [2.75, 3.05) is 27.8 Å². The molecule has 1 rings (SSSR count). The molecule has 0 aliphatic heterocycles. The molecule has 7 heteroatoms. The maximum Gasteiger partial charge on any atom is 0.337 e. The van der Waals surface area contributed by atoms with Gasteiger partial charge in [-0.25, -0.2) is 4.79 Å². The Morgan fingerprint density at radius 1 is 1.27 bits per heavy atom. The van der Waals surface area contributed by atoms with Gasteiger partial charge in [-0.3, -0.25) is 0 Å². The molecule has 0 aromatic rings. The summed E-state index contributed by atoms with van der Waals surface area (Å²) in [7, 11) is 2.96. The maximum absolute atomic E-state index is 12.6. The van der Waals surface area contributed by atoms with Crippen LogP contribution in [0.15, 0.2) is 24.0 Å². The summed E-state index contributed by atoms with van der Waals surface area (Å²) in [4.78, 5) is 12.6. The van der Waals surface area contributed by atoms with Crippen molar-refractivity contribution < 1.29 is 28.5 Å². The molecule has 0 heterocycles. The average Bonchev–Trinajstić information content (AvgIpc) is 2.43. The first-order valence-electron chi connectivity index (χ1n) is 6.89. The largest absolute Gasteiger partial charge is 0.469 e. The third-order valence-corrected chi connectivity index (χ3v) is 2.82. The number of carbonyl (C=O) groups is 1. The highest BCUT2D eigenvalue weighted by Gasteiger charge is 2.50. The number of carbonyl (C=O) groups excluding carboxylic acids is 1. The van der Waals surface area contributed by atoms with E-state index in [1.165, 1.54) is 14.2 Å². The Hall–Kier alpha value is -1.41. The van der Waals surface area contributed by atoms with Crippen LogP contribution in [0.5, 0.6) is 0 Å². The minimum Gasteiger partial charge on any atom is -0.469 e. The van der Waals surface area contributed by atoms with Gasteiger partial charge in [0.1, 0.15) is 24.3 Å². The van der Waals surface area contributed by atoms with E-state index in [4.69, 9.17) is 29.4 Å². The normalized spacial score (nSPS) is 24.8. The highest BCUT2D eigenvalue weighted by Crippen LogP contribution is 2.30. The Bertz CT molecular complexity index is 440. The zero-order valence-corrected chi connectivity index (χ0v) is 13.8. The van der Waals surface area contributed by atoms with Crippen LogP contribution in [0.2, 0.25) is 0 Å². The summed E-state index contributed by atoms with van der Waals surface area (Å²) in [5.74, 6) is -0.431. The third-order valence-electron chi connectivity index (χ3n) is 2.82. The molecule has 2 atom stereocenters. The molecule has 2 unspecified atom stereocenters. The van der Waals surface area contributed by atoms with Crippen LogP contribution in [-0.2, 0) is 28.5 Å². The molecular formula is C15H25NO6. The number of hydrogen-bond acceptors (Lipinski definition) is 7. The molecule has 0 spiro atoms. The van der Waals surface area contributed by atoms with Gasteiger partial charge in [-0.1, -0.05) is 12.2 Å². The van der Waals surface area contributed by atoms with Crippen molar-refractivity contribution in [2.45, 2.75) is 38.0 Å². The summed E-state index contributed by atoms with van der Waals surface area (Å²) in [6, 6.07) is 0. The van der Waals surface area contributed by atoms with Gasteiger partial charge >= 0.3 is 5.97 Å². The minimum atomic E-state index is -1.61. The molecule has 126 valence electrons. The Morgan fingerprint density at radius 2 is 1.91 bits per heavy atom. The fraction of sp³-hybridized carbons (Fsp3) is 0.667. The number of allylic oxidation sites excluding steroid dienone is 2. The van der Waals surface area contributed by atoms with Crippen LogP contribution in [0.25, 0.3) is 0 Å². The lowest BCUT2D eigenvalue weighted by Crippen LogP contribution is -2.62. The molecule has 22 heavy (non-hydrogen) atoms. The molecule has 0 fully saturated rings. The van der Waals surface area contributed by atoms with Crippen LogP contribution in [0.3, 0.4) is 0 Å². The molecular weight excluding hydrogens is 290 g/mol. The van der Waals surface area contributed by atoms with Crippen LogP contribution in [0.1, 0.15) is 20.8 Å². The summed E-state index contributed by atoms with van der Waals surface area (Å²) < 4.78 is 26.1. The van der Waals surface area contributed by atoms with E-state index in [0.717, 1.165) is 0 Å². The summed E-state index contributed by atoms with van der Waals surface area (Å²) in [6.07, 6.45) is 4.16. The fourth-order valence-corrected chi connectivity index (χ4v) is 1.87. The van der Waals surface area contributed by atoms with Crippen molar-refractivity contribution in [1.82, 2.24) is 0 Å². The number of hydrogen-bond donors (Lipinski definition) is 1. The Morgan fingerprint density at radius 3 is 2.45 bits per heavy atom. The molecule has 1 aliphatic carbocycles. The molecule has 2 N–H and O–H groups in total. The van der Waals surface area contributed by atoms with Crippen LogP contribution < -0.4 is 5.73 Å². The first-order chi connectivity index (χ1) is 10.3. The van der Waals surface area contributed by atoms with E-state index in [9.17, 15) is 4.79 Å². The highest BCUT2D eigenvalue weighted by atomic mass is 16.7. The lowest BCUT2D eigenvalue weighted by molar-refractivity contribution is -0.171. The SMILES string of the molecule is COCOC1=CC=CC(OCOC)C1(N)C(=O)OC(C)(C)C. The van der Waals surface area contributed by atoms with Crippen molar-refractivity contribution in [3.8, 4) is 0 Å². The third kappa shape index (κ3) is 4.54. The van der Waals surface area contributed by atoms with Crippen LogP contribution in [-0.4, -0.2) is 51.0 Å². The molecule has 0 saturated carbocycles. The predicted molar refractivity (Wildman–Crippen MR) is 79.7 cm³/mol. The molecule has 0 radical (unpaired) electrons. The zero-order chi connectivity index (χ0) is 16.8. The zero-order valence-electron chi connectivity index (χ0n) is 13.8. The number of esters is 1. The van der Waals surface area contributed by atoms with E-state index >= 15 is 0 Å². The lowest BCUT2D eigenvalue weighted by Gasteiger charge is -2.38. The van der Waals surface area contributed by atoms with E-state index in [2.05, 4.69) is 0 Å². The Balaban J connectivity index is 3.07. The van der Waals surface area contributed by atoms with Gasteiger partial charge in [0.05, 0.1) is 0 Å². The van der Waals surface area contributed by atoms with Crippen molar-refractivity contribution in [3.63, 3.8) is 0 Å². The predicted octanol–water partition coefficient (Wildman–Crippen LogP) is 1.09. The van der Waals surface area contributed by atoms with E-state index < -0.39 is 23.2 Å². The summed E-state index contributed by atoms with van der Waals surface area (Å²) in [5, 5.41) is 0. The molecule has 7 nitrogen and oxygen atoms in total. The smallest absolute Gasteiger partial charge is 0.337 e. The second kappa shape index (κ2) is 7.73. The van der Waals surface area contributed by atoms with Crippen LogP contribution in [0.4, 0.5) is 0 Å². The summed E-state index contributed by atoms with van der Waals surface area (Å²) >= 11 is 0. The first-order valence-corrected chi connectivity index (χ1v) is 6.89. The van der Waals surface area contributed by atoms with E-state index in [1.54, 1.807) is 39.0 Å². The van der Waals surface area contributed by atoms with Gasteiger partial charge in [0.15, 0.2) is 6.79 Å². The van der Waals surface area contributed by atoms with Crippen LogP contribution in [0, 0.1) is 0 Å². The number of rotatable bonds is 7. The van der Waals surface area contributed by atoms with Crippen molar-refractivity contribution in [3.05, 3.63) is 24.0 Å². The van der Waals surface area contributed by atoms with Crippen LogP contribution >= 0.6 is 0 Å². The molecule has 0 amide bonds. The topological polar surface area (TPSA) is 89.2 Å². The van der Waals surface area contributed by atoms with Gasteiger partial charge in [0.25, 0.3) is 0 Å². The standard InChI is InChI=1S/C15H25NO6/c1-14(2,3)22-13(17)15(16)11(20-9-18-4)7-6-8-12(15)21-10-19-5/h6-8,11H,9-10,16H2,1-5H3. The molecule has 0 aromatic heterocycles. The molecule has 0 saturated heterocycles. The summed E-state index contributed by atoms with van der Waals surface area (Å²) in [6.45, 7) is 5.22. The Kier molecular flexibility index (Phi) is 6.55. The van der Waals surface area contributed by atoms with E-state index in [0.29, 0.717) is 0 Å². The number of ether oxygens (including phenoxy) is 5. The molecule has 1 aliphatic rings. The number of methoxy groups -OCH3 is 2. The monoisotopic (exact) mass is 315 g/mol. The van der Waals surface area contributed by atoms with Gasteiger partial charge in [0.2, 0.25) is 5.54 Å². The quantitative estimate of drug-likeness (QED) is 0.555. The van der Waals surface area contributed by atoms with Gasteiger partial charge in [-0.15, -0.1) is 0 Å². The van der Waals surface area contributed by atoms with Crippen molar-refractivity contribution in [2.24, 2.45) is 5.73 Å². The highest BCUT2D eigenvalue weighted by molar-refractivity contribution is 5.86. The van der Waals surface area contributed by atoms with Gasteiger partial charge in [-0.2, -0.15) is 0 Å². The minimum absolute atomic E-state index is 0.0195. The van der Waals surface area contributed by atoms with Gasteiger partial charge in [0, 0.05) is 14.2 Å². The van der Waals surface area contributed by atoms with Gasteiger partial charge in [-0.05, 0) is 26.8 Å². The number of nitrogens with two attached hydrogens (primary N) is 1. The Labute approximate surface area is 131 Å². The summed E-state index contributed by atoms with van der Waals surface area (Å²) in [5.41, 5.74) is 4.02. The van der Waals surface area contributed by atoms with Crippen molar-refractivity contribution >= 4 is 5.97 Å². The molecule has 0 bridgehead atoms. The second-order valence-electron chi connectivity index (χ2n) is 5.83. The average molecular weight is 315 g/mol. The first kappa shape index (κ1) is 18.6. The van der Waals surface area contributed by atoms with Gasteiger partial charge < -0.3 is 29.4 Å². The second-order valence-corrected chi connectivity index (χ2v) is 5.83. The van der Waals surface area contributed by atoms with Crippen molar-refractivity contribution in [1.29, 1.82) is 0 Å². The fourth-order valence-electron chi connectivity index (χ4n) is 1.87. The maximum atomic E-state index is 12.6. The van der Waals surface area contributed by atoms with E-state index in [1.807, 2.05) is 0 Å².